The Morgan fingerprint density at radius 1 is 0.941 bits per heavy atom. The molecule has 0 bridgehead atoms. The highest BCUT2D eigenvalue weighted by atomic mass is 32.2. The summed E-state index contributed by atoms with van der Waals surface area (Å²) in [7, 11) is -5.42. The Balaban J connectivity index is 1.74. The third-order valence-corrected chi connectivity index (χ3v) is 7.55. The predicted molar refractivity (Wildman–Crippen MR) is 124 cm³/mol. The van der Waals surface area contributed by atoms with Crippen molar-refractivity contribution in [3.05, 3.63) is 72.8 Å². The average Bonchev–Trinajstić information content (AvgIpc) is 2.79. The number of rotatable bonds is 9. The number of carbonyl (C=O) groups is 1. The van der Waals surface area contributed by atoms with E-state index in [4.69, 9.17) is 0 Å². The number of halogens is 1. The van der Waals surface area contributed by atoms with Gasteiger partial charge in [-0.1, -0.05) is 0 Å². The van der Waals surface area contributed by atoms with Crippen LogP contribution in [0.15, 0.2) is 71.9 Å². The molecule has 11 nitrogen and oxygen atoms in total. The fourth-order valence-electron chi connectivity index (χ4n) is 2.69. The number of aromatic nitrogens is 2. The normalized spacial score (nSPS) is 11.8. The van der Waals surface area contributed by atoms with Gasteiger partial charge in [0.2, 0.25) is 11.9 Å². The van der Waals surface area contributed by atoms with E-state index in [1.807, 2.05) is 0 Å². The van der Waals surface area contributed by atoms with Gasteiger partial charge in [-0.3, -0.25) is 4.79 Å². The van der Waals surface area contributed by atoms with Gasteiger partial charge in [-0.25, -0.2) is 31.8 Å². The van der Waals surface area contributed by atoms with Crippen molar-refractivity contribution in [1.82, 2.24) is 14.3 Å². The van der Waals surface area contributed by atoms with Crippen LogP contribution in [0.25, 0.3) is 0 Å². The second-order valence-corrected chi connectivity index (χ2v) is 10.8. The van der Waals surface area contributed by atoms with E-state index in [9.17, 15) is 26.0 Å². The summed E-state index contributed by atoms with van der Waals surface area (Å²) in [5.74, 6) is -1.34. The van der Waals surface area contributed by atoms with Gasteiger partial charge in [0.05, 0.1) is 10.6 Å². The number of anilines is 3. The molecule has 0 unspecified atom stereocenters. The Bertz CT molecular complexity index is 1350. The van der Waals surface area contributed by atoms with Crippen LogP contribution in [-0.2, 0) is 25.0 Å². The molecule has 3 rings (SSSR count). The van der Waals surface area contributed by atoms with Gasteiger partial charge in [0.25, 0.3) is 10.0 Å². The first-order chi connectivity index (χ1) is 16.0. The largest absolute Gasteiger partial charge is 0.325 e. The monoisotopic (exact) mass is 508 g/mol. The molecule has 0 saturated carbocycles. The van der Waals surface area contributed by atoms with Gasteiger partial charge in [-0.05, 0) is 54.6 Å². The molecule has 0 atom stereocenters. The third-order valence-electron chi connectivity index (χ3n) is 4.38. The Morgan fingerprint density at radius 3 is 2.09 bits per heavy atom. The summed E-state index contributed by atoms with van der Waals surface area (Å²) in [5, 5.41) is 2.52. The van der Waals surface area contributed by atoms with Gasteiger partial charge in [0, 0.05) is 32.2 Å². The SMILES string of the molecule is CN(C)S(=O)(=O)N(CC(=O)Nc1ccc(S(=O)(=O)Nc2ncccn2)cc1)c1ccc(F)cc1. The number of hydrogen-bond donors (Lipinski definition) is 2. The second-order valence-electron chi connectivity index (χ2n) is 7.02. The minimum Gasteiger partial charge on any atom is -0.325 e. The van der Waals surface area contributed by atoms with Crippen LogP contribution in [0.3, 0.4) is 0 Å². The molecule has 14 heteroatoms. The maximum Gasteiger partial charge on any atom is 0.304 e. The summed E-state index contributed by atoms with van der Waals surface area (Å²) in [4.78, 5) is 20.1. The molecule has 0 aliphatic heterocycles. The first-order valence-electron chi connectivity index (χ1n) is 9.64. The molecule has 0 fully saturated rings. The minimum atomic E-state index is -4.06. The maximum atomic E-state index is 13.3. The molecule has 0 aliphatic carbocycles. The lowest BCUT2D eigenvalue weighted by atomic mass is 10.3. The van der Waals surface area contributed by atoms with Crippen LogP contribution >= 0.6 is 0 Å². The van der Waals surface area contributed by atoms with Crippen LogP contribution < -0.4 is 14.3 Å². The Hall–Kier alpha value is -3.62. The van der Waals surface area contributed by atoms with E-state index in [0.717, 1.165) is 20.7 Å². The van der Waals surface area contributed by atoms with E-state index in [0.29, 0.717) is 0 Å². The highest BCUT2D eigenvalue weighted by Crippen LogP contribution is 2.21. The van der Waals surface area contributed by atoms with Gasteiger partial charge in [-0.2, -0.15) is 12.7 Å². The topological polar surface area (TPSA) is 142 Å². The van der Waals surface area contributed by atoms with E-state index >= 15 is 0 Å². The van der Waals surface area contributed by atoms with Crippen molar-refractivity contribution < 1.29 is 26.0 Å². The number of amides is 1. The van der Waals surface area contributed by atoms with Crippen LogP contribution in [0.4, 0.5) is 21.7 Å². The van der Waals surface area contributed by atoms with E-state index in [-0.39, 0.29) is 22.2 Å². The molecule has 3 aromatic rings. The molecule has 2 N–H and O–H groups in total. The fourth-order valence-corrected chi connectivity index (χ4v) is 4.71. The van der Waals surface area contributed by atoms with E-state index in [1.54, 1.807) is 0 Å². The Morgan fingerprint density at radius 2 is 1.53 bits per heavy atom. The quantitative estimate of drug-likeness (QED) is 0.448. The highest BCUT2D eigenvalue weighted by Gasteiger charge is 2.27. The van der Waals surface area contributed by atoms with Crippen molar-refractivity contribution in [2.75, 3.05) is 35.0 Å². The lowest BCUT2D eigenvalue weighted by Crippen LogP contribution is -2.44. The van der Waals surface area contributed by atoms with Gasteiger partial charge >= 0.3 is 10.2 Å². The summed E-state index contributed by atoms with van der Waals surface area (Å²) in [6, 6.07) is 11.4. The number of sulfonamides is 1. The molecule has 0 aliphatic rings. The molecule has 1 aromatic heterocycles. The van der Waals surface area contributed by atoms with Crippen LogP contribution in [0.2, 0.25) is 0 Å². The molecule has 0 spiro atoms. The van der Waals surface area contributed by atoms with Gasteiger partial charge in [0.1, 0.15) is 12.4 Å². The van der Waals surface area contributed by atoms with Crippen molar-refractivity contribution in [2.24, 2.45) is 0 Å². The standard InChI is InChI=1S/C20H21FN6O5S2/c1-26(2)34(31,32)27(17-8-4-15(21)5-9-17)14-19(28)24-16-6-10-18(11-7-16)33(29,30)25-20-22-12-3-13-23-20/h3-13H,14H2,1-2H3,(H,24,28)(H,22,23,25). The summed E-state index contributed by atoms with van der Waals surface area (Å²) < 4.78 is 67.6. The molecule has 34 heavy (non-hydrogen) atoms. The van der Waals surface area contributed by atoms with E-state index < -0.39 is 38.5 Å². The first kappa shape index (κ1) is 25.0. The summed E-state index contributed by atoms with van der Waals surface area (Å²) >= 11 is 0. The molecule has 180 valence electrons. The second kappa shape index (κ2) is 10.1. The number of benzene rings is 2. The van der Waals surface area contributed by atoms with Crippen LogP contribution in [-0.4, -0.2) is 57.7 Å². The van der Waals surface area contributed by atoms with Crippen LogP contribution in [0.1, 0.15) is 0 Å². The maximum absolute atomic E-state index is 13.3. The first-order valence-corrected chi connectivity index (χ1v) is 12.5. The number of nitrogens with zero attached hydrogens (tertiary/aromatic N) is 4. The van der Waals surface area contributed by atoms with Crippen LogP contribution in [0.5, 0.6) is 0 Å². The zero-order valence-electron chi connectivity index (χ0n) is 18.1. The summed E-state index contributed by atoms with van der Waals surface area (Å²) in [5.41, 5.74) is 0.335. The predicted octanol–water partition coefficient (Wildman–Crippen LogP) is 1.67. The summed E-state index contributed by atoms with van der Waals surface area (Å²) in [6.07, 6.45) is 2.77. The average molecular weight is 509 g/mol. The number of carbonyl (C=O) groups excluding carboxylic acids is 1. The molecule has 1 amide bonds. The molecule has 2 aromatic carbocycles. The van der Waals surface area contributed by atoms with Gasteiger partial charge in [0.15, 0.2) is 0 Å². The van der Waals surface area contributed by atoms with Gasteiger partial charge in [-0.15, -0.1) is 0 Å². The zero-order valence-corrected chi connectivity index (χ0v) is 19.7. The van der Waals surface area contributed by atoms with Crippen molar-refractivity contribution in [3.8, 4) is 0 Å². The Kier molecular flexibility index (Phi) is 7.44. The minimum absolute atomic E-state index is 0.0946. The van der Waals surface area contributed by atoms with Crippen molar-refractivity contribution >= 4 is 43.5 Å². The number of hydrogen-bond acceptors (Lipinski definition) is 7. The van der Waals surface area contributed by atoms with Gasteiger partial charge < -0.3 is 5.32 Å². The van der Waals surface area contributed by atoms with Crippen molar-refractivity contribution in [1.29, 1.82) is 0 Å². The Labute approximate surface area is 196 Å². The van der Waals surface area contributed by atoms with Crippen molar-refractivity contribution in [2.45, 2.75) is 4.90 Å². The van der Waals surface area contributed by atoms with E-state index in [1.165, 1.54) is 69.0 Å². The molecular formula is C20H21FN6O5S2. The fraction of sp³-hybridized carbons (Fsp3) is 0.150. The molecule has 0 radical (unpaired) electrons. The molecule has 0 saturated heterocycles. The lowest BCUT2D eigenvalue weighted by molar-refractivity contribution is -0.114. The zero-order chi connectivity index (χ0) is 24.9. The number of nitrogens with one attached hydrogen (secondary N) is 2. The molecule has 1 heterocycles. The molecular weight excluding hydrogens is 487 g/mol. The van der Waals surface area contributed by atoms with E-state index in [2.05, 4.69) is 20.0 Å². The third kappa shape index (κ3) is 6.03. The smallest absolute Gasteiger partial charge is 0.304 e. The van der Waals surface area contributed by atoms with Crippen molar-refractivity contribution in [3.63, 3.8) is 0 Å². The lowest BCUT2D eigenvalue weighted by Gasteiger charge is -2.26. The van der Waals surface area contributed by atoms with Crippen LogP contribution in [0, 0.1) is 5.82 Å². The summed E-state index contributed by atoms with van der Waals surface area (Å²) in [6.45, 7) is -0.598. The highest BCUT2D eigenvalue weighted by molar-refractivity contribution is 7.92.